The highest BCUT2D eigenvalue weighted by atomic mass is 16.5. The largest absolute Gasteiger partial charge is 0.356 e. The zero-order chi connectivity index (χ0) is 21.8. The predicted molar refractivity (Wildman–Crippen MR) is 121 cm³/mol. The zero-order valence-electron chi connectivity index (χ0n) is 18.5. The number of aromatic amines is 1. The summed E-state index contributed by atoms with van der Waals surface area (Å²) in [6.45, 7) is 7.24. The molecule has 5 rings (SSSR count). The van der Waals surface area contributed by atoms with E-state index in [1.165, 1.54) is 0 Å². The maximum Gasteiger partial charge on any atom is 0.259 e. The van der Waals surface area contributed by atoms with Gasteiger partial charge in [-0.15, -0.1) is 0 Å². The van der Waals surface area contributed by atoms with Crippen LogP contribution in [-0.4, -0.2) is 27.7 Å². The van der Waals surface area contributed by atoms with Crippen LogP contribution in [0, 0.1) is 12.3 Å². The molecule has 1 N–H and O–H groups in total. The number of pyridine rings is 1. The second-order valence-electron chi connectivity index (χ2n) is 9.76. The lowest BCUT2D eigenvalue weighted by molar-refractivity contribution is -0.0366. The monoisotopic (exact) mass is 419 g/mol. The molecular weight excluding hydrogens is 390 g/mol. The van der Waals surface area contributed by atoms with Gasteiger partial charge < -0.3 is 9.72 Å². The number of aldehydes is 1. The van der Waals surface area contributed by atoms with Crippen LogP contribution in [0.15, 0.2) is 23.1 Å². The minimum atomic E-state index is -0.305. The molecule has 3 heterocycles. The Bertz CT molecular complexity index is 1230. The van der Waals surface area contributed by atoms with Crippen LogP contribution in [0.5, 0.6) is 0 Å². The normalized spacial score (nSPS) is 20.5. The van der Waals surface area contributed by atoms with Gasteiger partial charge in [-0.25, -0.2) is 4.68 Å². The third-order valence-corrected chi connectivity index (χ3v) is 6.94. The van der Waals surface area contributed by atoms with Crippen molar-refractivity contribution >= 4 is 17.2 Å². The van der Waals surface area contributed by atoms with Gasteiger partial charge in [-0.05, 0) is 73.6 Å². The quantitative estimate of drug-likeness (QED) is 0.623. The summed E-state index contributed by atoms with van der Waals surface area (Å²) in [6, 6.07) is 4.13. The average Bonchev–Trinajstić information content (AvgIpc) is 3.17. The SMILES string of the molecule is Cc1ccc2c(cnn2C2CCCCO2)c1-c1c2c([nH]c(=O)c1C=O)CC(C)(C)CC2. The van der Waals surface area contributed by atoms with Crippen molar-refractivity contribution in [2.45, 2.75) is 65.5 Å². The van der Waals surface area contributed by atoms with Crippen molar-refractivity contribution < 1.29 is 9.53 Å². The van der Waals surface area contributed by atoms with Gasteiger partial charge in [-0.2, -0.15) is 5.10 Å². The molecule has 162 valence electrons. The lowest BCUT2D eigenvalue weighted by Crippen LogP contribution is -2.28. The number of aromatic nitrogens is 3. The molecule has 2 aromatic heterocycles. The van der Waals surface area contributed by atoms with Gasteiger partial charge in [0, 0.05) is 23.3 Å². The summed E-state index contributed by atoms with van der Waals surface area (Å²) in [7, 11) is 0. The van der Waals surface area contributed by atoms with Gasteiger partial charge in [-0.3, -0.25) is 9.59 Å². The number of aryl methyl sites for hydroxylation is 1. The molecule has 31 heavy (non-hydrogen) atoms. The number of carbonyl (C=O) groups excluding carboxylic acids is 1. The highest BCUT2D eigenvalue weighted by Gasteiger charge is 2.31. The molecule has 1 fully saturated rings. The molecular formula is C25H29N3O3. The van der Waals surface area contributed by atoms with E-state index in [9.17, 15) is 9.59 Å². The van der Waals surface area contributed by atoms with Gasteiger partial charge in [0.1, 0.15) is 0 Å². The molecule has 6 heteroatoms. The molecule has 0 saturated carbocycles. The molecule has 0 radical (unpaired) electrons. The third-order valence-electron chi connectivity index (χ3n) is 6.94. The standard InChI is InChI=1S/C25H29N3O3/c1-15-7-8-20-17(13-26-28(20)21-6-4-5-11-31-21)22(15)23-16-9-10-25(2,3)12-19(16)27-24(30)18(23)14-29/h7-8,13-14,21H,4-6,9-12H2,1-3H3,(H,27,30). The number of hydrogen-bond acceptors (Lipinski definition) is 4. The fourth-order valence-corrected chi connectivity index (χ4v) is 5.27. The second kappa shape index (κ2) is 7.45. The van der Waals surface area contributed by atoms with E-state index in [1.807, 2.05) is 17.8 Å². The van der Waals surface area contributed by atoms with Crippen LogP contribution >= 0.6 is 0 Å². The highest BCUT2D eigenvalue weighted by molar-refractivity contribution is 6.02. The predicted octanol–water partition coefficient (Wildman–Crippen LogP) is 4.73. The number of nitrogens with zero attached hydrogens (tertiary/aromatic N) is 2. The molecule has 1 saturated heterocycles. The number of fused-ring (bicyclic) bond motifs is 2. The molecule has 0 amide bonds. The summed E-state index contributed by atoms with van der Waals surface area (Å²) in [5.41, 5.74) is 5.85. The molecule has 1 atom stereocenters. The zero-order valence-corrected chi connectivity index (χ0v) is 18.5. The van der Waals surface area contributed by atoms with Gasteiger partial charge >= 0.3 is 0 Å². The van der Waals surface area contributed by atoms with Crippen molar-refractivity contribution in [3.63, 3.8) is 0 Å². The Labute approximate surface area is 181 Å². The first-order valence-electron chi connectivity index (χ1n) is 11.2. The van der Waals surface area contributed by atoms with Crippen LogP contribution in [0.3, 0.4) is 0 Å². The summed E-state index contributed by atoms with van der Waals surface area (Å²) < 4.78 is 7.93. The fourth-order valence-electron chi connectivity index (χ4n) is 5.27. The second-order valence-corrected chi connectivity index (χ2v) is 9.76. The van der Waals surface area contributed by atoms with E-state index >= 15 is 0 Å². The molecule has 6 nitrogen and oxygen atoms in total. The van der Waals surface area contributed by atoms with E-state index < -0.39 is 0 Å². The Morgan fingerprint density at radius 3 is 2.84 bits per heavy atom. The maximum atomic E-state index is 12.9. The number of nitrogens with one attached hydrogen (secondary N) is 1. The van der Waals surface area contributed by atoms with Crippen LogP contribution in [0.25, 0.3) is 22.0 Å². The van der Waals surface area contributed by atoms with Crippen molar-refractivity contribution in [1.82, 2.24) is 14.8 Å². The third kappa shape index (κ3) is 3.33. The smallest absolute Gasteiger partial charge is 0.259 e. The van der Waals surface area contributed by atoms with Gasteiger partial charge in [0.25, 0.3) is 5.56 Å². The first-order valence-corrected chi connectivity index (χ1v) is 11.2. The van der Waals surface area contributed by atoms with Gasteiger partial charge in [0.15, 0.2) is 12.5 Å². The summed E-state index contributed by atoms with van der Waals surface area (Å²) in [4.78, 5) is 28.0. The van der Waals surface area contributed by atoms with Gasteiger partial charge in [0.05, 0.1) is 17.3 Å². The van der Waals surface area contributed by atoms with E-state index in [0.717, 1.165) is 84.0 Å². The molecule has 3 aromatic rings. The minimum absolute atomic E-state index is 0.0683. The number of benzene rings is 1. The first kappa shape index (κ1) is 20.2. The summed E-state index contributed by atoms with van der Waals surface area (Å²) >= 11 is 0. The Morgan fingerprint density at radius 1 is 1.26 bits per heavy atom. The lowest BCUT2D eigenvalue weighted by Gasteiger charge is -2.32. The topological polar surface area (TPSA) is 77.0 Å². The van der Waals surface area contributed by atoms with E-state index in [4.69, 9.17) is 4.74 Å². The van der Waals surface area contributed by atoms with E-state index in [2.05, 4.69) is 36.1 Å². The molecule has 2 aliphatic rings. The molecule has 1 unspecified atom stereocenters. The van der Waals surface area contributed by atoms with Crippen molar-refractivity contribution in [3.05, 3.63) is 51.1 Å². The van der Waals surface area contributed by atoms with Gasteiger partial charge in [0.2, 0.25) is 0 Å². The van der Waals surface area contributed by atoms with E-state index in [-0.39, 0.29) is 22.8 Å². The molecule has 1 aliphatic heterocycles. The molecule has 1 aliphatic carbocycles. The fraction of sp³-hybridized carbons (Fsp3) is 0.480. The highest BCUT2D eigenvalue weighted by Crippen LogP contribution is 2.42. The maximum absolute atomic E-state index is 12.9. The van der Waals surface area contributed by atoms with Crippen molar-refractivity contribution in [1.29, 1.82) is 0 Å². The first-order chi connectivity index (χ1) is 14.9. The van der Waals surface area contributed by atoms with Crippen molar-refractivity contribution in [3.8, 4) is 11.1 Å². The van der Waals surface area contributed by atoms with Gasteiger partial charge in [-0.1, -0.05) is 19.9 Å². The Morgan fingerprint density at radius 2 is 2.10 bits per heavy atom. The van der Waals surface area contributed by atoms with Crippen LogP contribution < -0.4 is 5.56 Å². The van der Waals surface area contributed by atoms with Crippen LogP contribution in [0.4, 0.5) is 0 Å². The average molecular weight is 420 g/mol. The number of rotatable bonds is 3. The molecule has 1 aromatic carbocycles. The summed E-state index contributed by atoms with van der Waals surface area (Å²) in [5, 5.41) is 5.64. The van der Waals surface area contributed by atoms with E-state index in [1.54, 1.807) is 0 Å². The van der Waals surface area contributed by atoms with Crippen molar-refractivity contribution in [2.75, 3.05) is 6.61 Å². The molecule has 0 bridgehead atoms. The number of hydrogen-bond donors (Lipinski definition) is 1. The number of carbonyl (C=O) groups is 1. The van der Waals surface area contributed by atoms with Crippen LogP contribution in [0.1, 0.15) is 72.9 Å². The van der Waals surface area contributed by atoms with Crippen LogP contribution in [0.2, 0.25) is 0 Å². The summed E-state index contributed by atoms with van der Waals surface area (Å²) in [5.74, 6) is 0. The van der Waals surface area contributed by atoms with E-state index in [0.29, 0.717) is 6.29 Å². The Kier molecular flexibility index (Phi) is 4.85. The number of ether oxygens (including phenoxy) is 1. The Hall–Kier alpha value is -2.73. The lowest BCUT2D eigenvalue weighted by atomic mass is 9.74. The minimum Gasteiger partial charge on any atom is -0.356 e. The number of H-pyrrole nitrogens is 1. The molecule has 0 spiro atoms. The van der Waals surface area contributed by atoms with Crippen LogP contribution in [-0.2, 0) is 17.6 Å². The Balaban J connectivity index is 1.77. The summed E-state index contributed by atoms with van der Waals surface area (Å²) in [6.07, 6.45) is 8.30. The van der Waals surface area contributed by atoms with Crippen molar-refractivity contribution in [2.24, 2.45) is 5.41 Å².